The summed E-state index contributed by atoms with van der Waals surface area (Å²) < 4.78 is 6.77. The summed E-state index contributed by atoms with van der Waals surface area (Å²) in [5.41, 5.74) is 1.77. The van der Waals surface area contributed by atoms with E-state index in [0.717, 1.165) is 36.5 Å². The highest BCUT2D eigenvalue weighted by Crippen LogP contribution is 2.29. The Morgan fingerprint density at radius 3 is 3.05 bits per heavy atom. The van der Waals surface area contributed by atoms with Gasteiger partial charge in [0.25, 0.3) is 0 Å². The molecule has 0 unspecified atom stereocenters. The van der Waals surface area contributed by atoms with Crippen LogP contribution in [0.25, 0.3) is 0 Å². The molecule has 1 atom stereocenters. The fourth-order valence-electron chi connectivity index (χ4n) is 2.47. The molecule has 6 nitrogen and oxygen atoms in total. The van der Waals surface area contributed by atoms with Crippen LogP contribution in [0.1, 0.15) is 24.3 Å². The zero-order valence-corrected chi connectivity index (χ0v) is 13.0. The molecule has 0 aromatic carbocycles. The highest BCUT2D eigenvalue weighted by Gasteiger charge is 2.30. The van der Waals surface area contributed by atoms with Gasteiger partial charge in [-0.25, -0.2) is 0 Å². The average Bonchev–Trinajstić information content (AvgIpc) is 3.06. The van der Waals surface area contributed by atoms with Gasteiger partial charge < -0.3 is 9.42 Å². The lowest BCUT2D eigenvalue weighted by Gasteiger charge is -2.30. The molecule has 1 amide bonds. The first-order chi connectivity index (χ1) is 10.1. The number of amides is 1. The Hall–Kier alpha value is -1.76. The molecule has 7 heteroatoms. The fourth-order valence-corrected chi connectivity index (χ4v) is 3.58. The number of carbonyl (C=O) groups excluding carboxylic acids is 1. The third kappa shape index (κ3) is 3.12. The smallest absolute Gasteiger partial charge is 0.240 e. The standard InChI is InChI=1S/C14H18N4O2S/c1-10-6-11(16-20-10)9-21-13-4-3-5-18(14(13)19)12-7-15-17(2)8-12/h6-8,13H,3-5,9H2,1-2H3/t13-/m0/s1. The van der Waals surface area contributed by atoms with Crippen molar-refractivity contribution in [2.75, 3.05) is 11.4 Å². The van der Waals surface area contributed by atoms with Crippen LogP contribution in [-0.4, -0.2) is 32.6 Å². The fraction of sp³-hybridized carbons (Fsp3) is 0.500. The number of aryl methyl sites for hydroxylation is 2. The largest absolute Gasteiger partial charge is 0.361 e. The maximum atomic E-state index is 12.6. The number of piperidine rings is 1. The minimum absolute atomic E-state index is 0.0176. The van der Waals surface area contributed by atoms with E-state index >= 15 is 0 Å². The molecule has 112 valence electrons. The second kappa shape index (κ2) is 5.93. The van der Waals surface area contributed by atoms with E-state index in [2.05, 4.69) is 10.3 Å². The highest BCUT2D eigenvalue weighted by molar-refractivity contribution is 7.99. The molecule has 3 heterocycles. The van der Waals surface area contributed by atoms with E-state index in [-0.39, 0.29) is 11.2 Å². The third-order valence-electron chi connectivity index (χ3n) is 3.50. The van der Waals surface area contributed by atoms with Crippen molar-refractivity contribution in [3.05, 3.63) is 29.9 Å². The van der Waals surface area contributed by atoms with Crippen LogP contribution >= 0.6 is 11.8 Å². The molecule has 0 aliphatic carbocycles. The van der Waals surface area contributed by atoms with Crippen LogP contribution in [0.3, 0.4) is 0 Å². The van der Waals surface area contributed by atoms with Crippen molar-refractivity contribution in [1.82, 2.24) is 14.9 Å². The predicted molar refractivity (Wildman–Crippen MR) is 81.1 cm³/mol. The van der Waals surface area contributed by atoms with Crippen LogP contribution in [0.4, 0.5) is 5.69 Å². The highest BCUT2D eigenvalue weighted by atomic mass is 32.2. The quantitative estimate of drug-likeness (QED) is 0.866. The number of anilines is 1. The first-order valence-electron chi connectivity index (χ1n) is 6.97. The number of nitrogens with zero attached hydrogens (tertiary/aromatic N) is 4. The Bertz CT molecular complexity index is 636. The minimum atomic E-state index is -0.0176. The van der Waals surface area contributed by atoms with E-state index < -0.39 is 0 Å². The normalized spacial score (nSPS) is 19.2. The Morgan fingerprint density at radius 2 is 2.38 bits per heavy atom. The number of aromatic nitrogens is 3. The zero-order chi connectivity index (χ0) is 14.8. The number of hydrogen-bond acceptors (Lipinski definition) is 5. The van der Waals surface area contributed by atoms with Crippen molar-refractivity contribution >= 4 is 23.4 Å². The molecule has 2 aromatic heterocycles. The van der Waals surface area contributed by atoms with Crippen molar-refractivity contribution < 1.29 is 9.32 Å². The van der Waals surface area contributed by atoms with Crippen molar-refractivity contribution in [2.45, 2.75) is 30.8 Å². The first kappa shape index (κ1) is 14.2. The number of hydrogen-bond donors (Lipinski definition) is 0. The Balaban J connectivity index is 1.64. The van der Waals surface area contributed by atoms with E-state index in [9.17, 15) is 4.79 Å². The maximum absolute atomic E-state index is 12.6. The lowest BCUT2D eigenvalue weighted by molar-refractivity contribution is -0.119. The maximum Gasteiger partial charge on any atom is 0.240 e. The van der Waals surface area contributed by atoms with E-state index in [4.69, 9.17) is 4.52 Å². The van der Waals surface area contributed by atoms with Gasteiger partial charge in [-0.05, 0) is 19.8 Å². The van der Waals surface area contributed by atoms with Crippen LogP contribution in [0, 0.1) is 6.92 Å². The molecule has 1 fully saturated rings. The molecule has 1 aliphatic heterocycles. The number of thioether (sulfide) groups is 1. The van der Waals surface area contributed by atoms with Crippen LogP contribution in [0.15, 0.2) is 23.0 Å². The van der Waals surface area contributed by atoms with Gasteiger partial charge in [-0.2, -0.15) is 5.10 Å². The van der Waals surface area contributed by atoms with E-state index in [1.54, 1.807) is 22.6 Å². The molecule has 0 N–H and O–H groups in total. The molecule has 1 saturated heterocycles. The Kier molecular flexibility index (Phi) is 4.01. The van der Waals surface area contributed by atoms with Gasteiger partial charge in [0.2, 0.25) is 5.91 Å². The first-order valence-corrected chi connectivity index (χ1v) is 8.02. The molecular weight excluding hydrogens is 288 g/mol. The van der Waals surface area contributed by atoms with Gasteiger partial charge in [-0.3, -0.25) is 9.48 Å². The summed E-state index contributed by atoms with van der Waals surface area (Å²) in [4.78, 5) is 14.4. The Morgan fingerprint density at radius 1 is 1.52 bits per heavy atom. The number of rotatable bonds is 4. The molecular formula is C14H18N4O2S. The minimum Gasteiger partial charge on any atom is -0.361 e. The Labute approximate surface area is 127 Å². The summed E-state index contributed by atoms with van der Waals surface area (Å²) in [5, 5.41) is 8.10. The number of carbonyl (C=O) groups is 1. The molecule has 1 aliphatic rings. The molecule has 21 heavy (non-hydrogen) atoms. The van der Waals surface area contributed by atoms with Gasteiger partial charge in [-0.1, -0.05) is 5.16 Å². The SMILES string of the molecule is Cc1cc(CS[C@H]2CCCN(c3cnn(C)c3)C2=O)no1. The molecule has 0 radical (unpaired) electrons. The molecule has 0 saturated carbocycles. The van der Waals surface area contributed by atoms with Crippen LogP contribution in [-0.2, 0) is 17.6 Å². The van der Waals surface area contributed by atoms with Crippen molar-refractivity contribution in [1.29, 1.82) is 0 Å². The second-order valence-corrected chi connectivity index (χ2v) is 6.42. The molecule has 3 rings (SSSR count). The third-order valence-corrected chi connectivity index (χ3v) is 4.80. The van der Waals surface area contributed by atoms with Crippen molar-refractivity contribution in [3.8, 4) is 0 Å². The van der Waals surface area contributed by atoms with E-state index in [1.807, 2.05) is 31.1 Å². The van der Waals surface area contributed by atoms with E-state index in [0.29, 0.717) is 5.75 Å². The zero-order valence-electron chi connectivity index (χ0n) is 12.2. The molecule has 0 spiro atoms. The lowest BCUT2D eigenvalue weighted by atomic mass is 10.1. The monoisotopic (exact) mass is 306 g/mol. The summed E-state index contributed by atoms with van der Waals surface area (Å²) in [7, 11) is 1.86. The average molecular weight is 306 g/mol. The lowest BCUT2D eigenvalue weighted by Crippen LogP contribution is -2.42. The summed E-state index contributed by atoms with van der Waals surface area (Å²) in [5.74, 6) is 1.67. The van der Waals surface area contributed by atoms with Gasteiger partial charge >= 0.3 is 0 Å². The summed E-state index contributed by atoms with van der Waals surface area (Å²) in [6.07, 6.45) is 5.55. The van der Waals surface area contributed by atoms with Gasteiger partial charge in [-0.15, -0.1) is 11.8 Å². The van der Waals surface area contributed by atoms with E-state index in [1.165, 1.54) is 0 Å². The van der Waals surface area contributed by atoms with Gasteiger partial charge in [0.15, 0.2) is 0 Å². The summed E-state index contributed by atoms with van der Waals surface area (Å²) in [6.45, 7) is 2.64. The van der Waals surface area contributed by atoms with Gasteiger partial charge in [0.1, 0.15) is 5.76 Å². The van der Waals surface area contributed by atoms with Crippen molar-refractivity contribution in [2.24, 2.45) is 7.05 Å². The molecule has 2 aromatic rings. The molecule has 0 bridgehead atoms. The van der Waals surface area contributed by atoms with Crippen LogP contribution in [0.2, 0.25) is 0 Å². The van der Waals surface area contributed by atoms with Gasteiger partial charge in [0.05, 0.1) is 22.8 Å². The van der Waals surface area contributed by atoms with Crippen LogP contribution < -0.4 is 4.90 Å². The van der Waals surface area contributed by atoms with Crippen LogP contribution in [0.5, 0.6) is 0 Å². The van der Waals surface area contributed by atoms with Crippen molar-refractivity contribution in [3.63, 3.8) is 0 Å². The topological polar surface area (TPSA) is 64.2 Å². The predicted octanol–water partition coefficient (Wildman–Crippen LogP) is 2.15. The summed E-state index contributed by atoms with van der Waals surface area (Å²) in [6, 6.07) is 1.92. The van der Waals surface area contributed by atoms with Gasteiger partial charge in [0, 0.05) is 31.6 Å². The second-order valence-electron chi connectivity index (χ2n) is 5.23. The summed E-state index contributed by atoms with van der Waals surface area (Å²) >= 11 is 1.64.